The topological polar surface area (TPSA) is 95.2 Å². The van der Waals surface area contributed by atoms with E-state index in [0.29, 0.717) is 6.54 Å². The zero-order chi connectivity index (χ0) is 13.8. The Morgan fingerprint density at radius 2 is 2.20 bits per heavy atom. The molecule has 3 aromatic rings. The van der Waals surface area contributed by atoms with Gasteiger partial charge in [0.2, 0.25) is 0 Å². The summed E-state index contributed by atoms with van der Waals surface area (Å²) in [6.07, 6.45) is 6.90. The number of rotatable bonds is 5. The van der Waals surface area contributed by atoms with Crippen LogP contribution in [-0.2, 0) is 6.54 Å². The molecule has 3 aromatic heterocycles. The molecule has 0 radical (unpaired) electrons. The fourth-order valence-corrected chi connectivity index (χ4v) is 1.99. The SMILES string of the molecule is CC(NCc1cn[nH]c1-c1cccnc1)c1ncn[nH]1. The highest BCUT2D eigenvalue weighted by Crippen LogP contribution is 2.20. The molecular formula is C13H15N7. The molecule has 7 nitrogen and oxygen atoms in total. The van der Waals surface area contributed by atoms with Crippen molar-refractivity contribution in [2.75, 3.05) is 0 Å². The van der Waals surface area contributed by atoms with Gasteiger partial charge in [-0.3, -0.25) is 15.2 Å². The second kappa shape index (κ2) is 5.62. The molecule has 0 bridgehead atoms. The Hall–Kier alpha value is -2.54. The lowest BCUT2D eigenvalue weighted by atomic mass is 10.1. The van der Waals surface area contributed by atoms with Crippen molar-refractivity contribution < 1.29 is 0 Å². The largest absolute Gasteiger partial charge is 0.303 e. The fraction of sp³-hybridized carbons (Fsp3) is 0.231. The van der Waals surface area contributed by atoms with Crippen LogP contribution in [0.1, 0.15) is 24.4 Å². The average Bonchev–Trinajstić information content (AvgIpc) is 3.17. The van der Waals surface area contributed by atoms with Crippen molar-refractivity contribution in [2.45, 2.75) is 19.5 Å². The van der Waals surface area contributed by atoms with Gasteiger partial charge in [0.1, 0.15) is 12.2 Å². The molecule has 0 aromatic carbocycles. The summed E-state index contributed by atoms with van der Waals surface area (Å²) in [4.78, 5) is 8.26. The lowest BCUT2D eigenvalue weighted by molar-refractivity contribution is 0.548. The molecule has 0 saturated carbocycles. The Labute approximate surface area is 115 Å². The zero-order valence-electron chi connectivity index (χ0n) is 11.0. The van der Waals surface area contributed by atoms with Crippen LogP contribution in [-0.4, -0.2) is 30.4 Å². The van der Waals surface area contributed by atoms with Crippen molar-refractivity contribution in [1.29, 1.82) is 0 Å². The second-order valence-electron chi connectivity index (χ2n) is 4.49. The lowest BCUT2D eigenvalue weighted by Gasteiger charge is -2.10. The predicted molar refractivity (Wildman–Crippen MR) is 73.5 cm³/mol. The molecule has 0 aliphatic rings. The minimum absolute atomic E-state index is 0.0918. The van der Waals surface area contributed by atoms with Gasteiger partial charge in [-0.05, 0) is 19.1 Å². The second-order valence-corrected chi connectivity index (χ2v) is 4.49. The number of aromatic amines is 2. The van der Waals surface area contributed by atoms with E-state index in [0.717, 1.165) is 22.6 Å². The third-order valence-corrected chi connectivity index (χ3v) is 3.11. The van der Waals surface area contributed by atoms with Gasteiger partial charge in [0, 0.05) is 30.1 Å². The van der Waals surface area contributed by atoms with Gasteiger partial charge in [-0.2, -0.15) is 10.2 Å². The number of nitrogens with one attached hydrogen (secondary N) is 3. The van der Waals surface area contributed by atoms with Gasteiger partial charge in [-0.1, -0.05) is 0 Å². The summed E-state index contributed by atoms with van der Waals surface area (Å²) in [5.74, 6) is 0.816. The standard InChI is InChI=1S/C13H15N7/c1-9(13-16-8-18-20-13)15-6-11-7-17-19-12(11)10-3-2-4-14-5-10/h2-5,7-9,15H,6H2,1H3,(H,17,19)(H,16,18,20). The Morgan fingerprint density at radius 3 is 2.95 bits per heavy atom. The summed E-state index contributed by atoms with van der Waals surface area (Å²) in [5.41, 5.74) is 3.09. The molecule has 1 unspecified atom stereocenters. The van der Waals surface area contributed by atoms with Crippen LogP contribution >= 0.6 is 0 Å². The molecule has 0 aliphatic heterocycles. The van der Waals surface area contributed by atoms with Gasteiger partial charge < -0.3 is 5.32 Å². The number of pyridine rings is 1. The van der Waals surface area contributed by atoms with Gasteiger partial charge in [-0.25, -0.2) is 4.98 Å². The molecule has 0 aliphatic carbocycles. The minimum atomic E-state index is 0.0918. The molecule has 20 heavy (non-hydrogen) atoms. The maximum absolute atomic E-state index is 4.13. The van der Waals surface area contributed by atoms with Crippen molar-refractivity contribution in [2.24, 2.45) is 0 Å². The quantitative estimate of drug-likeness (QED) is 0.651. The first kappa shape index (κ1) is 12.5. The van der Waals surface area contributed by atoms with Crippen LogP contribution in [0.25, 0.3) is 11.3 Å². The van der Waals surface area contributed by atoms with Gasteiger partial charge >= 0.3 is 0 Å². The number of nitrogens with zero attached hydrogens (tertiary/aromatic N) is 4. The Kier molecular flexibility index (Phi) is 3.51. The van der Waals surface area contributed by atoms with Crippen molar-refractivity contribution in [1.82, 2.24) is 35.7 Å². The Balaban J connectivity index is 1.72. The highest BCUT2D eigenvalue weighted by Gasteiger charge is 2.11. The molecule has 3 rings (SSSR count). The third-order valence-electron chi connectivity index (χ3n) is 3.11. The molecule has 0 amide bonds. The van der Waals surface area contributed by atoms with Crippen molar-refractivity contribution in [3.8, 4) is 11.3 Å². The highest BCUT2D eigenvalue weighted by atomic mass is 15.2. The molecule has 0 spiro atoms. The summed E-state index contributed by atoms with van der Waals surface area (Å²) < 4.78 is 0. The minimum Gasteiger partial charge on any atom is -0.303 e. The van der Waals surface area contributed by atoms with E-state index in [2.05, 4.69) is 35.7 Å². The third kappa shape index (κ3) is 2.57. The van der Waals surface area contributed by atoms with Crippen LogP contribution in [0.5, 0.6) is 0 Å². The highest BCUT2D eigenvalue weighted by molar-refractivity contribution is 5.61. The lowest BCUT2D eigenvalue weighted by Crippen LogP contribution is -2.19. The fourth-order valence-electron chi connectivity index (χ4n) is 1.99. The first-order valence-electron chi connectivity index (χ1n) is 6.36. The molecule has 3 heterocycles. The van der Waals surface area contributed by atoms with E-state index in [1.165, 1.54) is 6.33 Å². The smallest absolute Gasteiger partial charge is 0.141 e. The molecule has 0 fully saturated rings. The predicted octanol–water partition coefficient (Wildman–Crippen LogP) is 1.44. The summed E-state index contributed by atoms with van der Waals surface area (Å²) in [5, 5.41) is 17.2. The molecule has 3 N–H and O–H groups in total. The Morgan fingerprint density at radius 1 is 1.25 bits per heavy atom. The molecular weight excluding hydrogens is 254 g/mol. The van der Waals surface area contributed by atoms with Crippen LogP contribution in [0.15, 0.2) is 37.1 Å². The van der Waals surface area contributed by atoms with Crippen molar-refractivity contribution in [3.63, 3.8) is 0 Å². The maximum Gasteiger partial charge on any atom is 0.141 e. The van der Waals surface area contributed by atoms with Crippen LogP contribution in [0.2, 0.25) is 0 Å². The zero-order valence-corrected chi connectivity index (χ0v) is 11.0. The first-order valence-corrected chi connectivity index (χ1v) is 6.36. The van der Waals surface area contributed by atoms with Crippen LogP contribution in [0, 0.1) is 0 Å². The molecule has 102 valence electrons. The summed E-state index contributed by atoms with van der Waals surface area (Å²) in [7, 11) is 0. The summed E-state index contributed by atoms with van der Waals surface area (Å²) in [6.45, 7) is 2.72. The number of aromatic nitrogens is 6. The van der Waals surface area contributed by atoms with Gasteiger partial charge in [0.05, 0.1) is 17.9 Å². The van der Waals surface area contributed by atoms with E-state index in [9.17, 15) is 0 Å². The maximum atomic E-state index is 4.13. The van der Waals surface area contributed by atoms with E-state index in [4.69, 9.17) is 0 Å². The average molecular weight is 269 g/mol. The normalized spacial score (nSPS) is 12.4. The van der Waals surface area contributed by atoms with Crippen LogP contribution < -0.4 is 5.32 Å². The number of hydrogen-bond acceptors (Lipinski definition) is 5. The number of H-pyrrole nitrogens is 2. The first-order chi connectivity index (χ1) is 9.84. The van der Waals surface area contributed by atoms with Crippen molar-refractivity contribution in [3.05, 3.63) is 48.4 Å². The monoisotopic (exact) mass is 269 g/mol. The number of hydrogen-bond donors (Lipinski definition) is 3. The van der Waals surface area contributed by atoms with E-state index in [-0.39, 0.29) is 6.04 Å². The molecule has 7 heteroatoms. The summed E-state index contributed by atoms with van der Waals surface area (Å²) in [6, 6.07) is 4.00. The van der Waals surface area contributed by atoms with Crippen molar-refractivity contribution >= 4 is 0 Å². The molecule has 1 atom stereocenters. The van der Waals surface area contributed by atoms with E-state index < -0.39 is 0 Å². The van der Waals surface area contributed by atoms with Crippen LogP contribution in [0.4, 0.5) is 0 Å². The molecule has 0 saturated heterocycles. The van der Waals surface area contributed by atoms with E-state index >= 15 is 0 Å². The van der Waals surface area contributed by atoms with Gasteiger partial charge in [-0.15, -0.1) is 0 Å². The van der Waals surface area contributed by atoms with Crippen LogP contribution in [0.3, 0.4) is 0 Å². The van der Waals surface area contributed by atoms with E-state index in [1.54, 1.807) is 6.20 Å². The van der Waals surface area contributed by atoms with Gasteiger partial charge in [0.25, 0.3) is 0 Å². The van der Waals surface area contributed by atoms with E-state index in [1.807, 2.05) is 31.5 Å². The van der Waals surface area contributed by atoms with Gasteiger partial charge in [0.15, 0.2) is 0 Å². The Bertz CT molecular complexity index is 644. The summed E-state index contributed by atoms with van der Waals surface area (Å²) >= 11 is 0.